The Labute approximate surface area is 211 Å². The number of benzene rings is 3. The van der Waals surface area contributed by atoms with Crippen LogP contribution in [-0.4, -0.2) is 9.67 Å². The van der Waals surface area contributed by atoms with Crippen molar-refractivity contribution in [2.75, 3.05) is 0 Å². The third-order valence-electron chi connectivity index (χ3n) is 6.01. The van der Waals surface area contributed by atoms with Gasteiger partial charge in [0.2, 0.25) is 0 Å². The molecule has 0 amide bonds. The molecule has 4 rings (SSSR count). The molecule has 1 aromatic heterocycles. The minimum Gasteiger partial charge on any atom is -0.457 e. The van der Waals surface area contributed by atoms with Gasteiger partial charge in [-0.05, 0) is 78.6 Å². The molecule has 3 aromatic carbocycles. The summed E-state index contributed by atoms with van der Waals surface area (Å²) >= 11 is 0. The van der Waals surface area contributed by atoms with Gasteiger partial charge in [-0.3, -0.25) is 4.79 Å². The molecule has 188 valence electrons. The predicted molar refractivity (Wildman–Crippen MR) is 133 cm³/mol. The van der Waals surface area contributed by atoms with Crippen molar-refractivity contribution in [1.29, 1.82) is 5.26 Å². The third-order valence-corrected chi connectivity index (χ3v) is 6.01. The summed E-state index contributed by atoms with van der Waals surface area (Å²) < 4.78 is 48.4. The average Bonchev–Trinajstić information content (AvgIpc) is 2.86. The van der Waals surface area contributed by atoms with Gasteiger partial charge in [0.15, 0.2) is 0 Å². The molecule has 37 heavy (non-hydrogen) atoms. The van der Waals surface area contributed by atoms with Gasteiger partial charge in [-0.25, -0.2) is 0 Å². The van der Waals surface area contributed by atoms with Crippen LogP contribution in [0.5, 0.6) is 11.5 Å². The number of nitriles is 1. The van der Waals surface area contributed by atoms with E-state index in [9.17, 15) is 28.3 Å². The van der Waals surface area contributed by atoms with E-state index in [0.717, 1.165) is 22.8 Å². The molecule has 4 aromatic rings. The molecule has 0 bridgehead atoms. The summed E-state index contributed by atoms with van der Waals surface area (Å²) in [5.41, 5.74) is 0.483. The highest BCUT2D eigenvalue weighted by Crippen LogP contribution is 2.34. The van der Waals surface area contributed by atoms with E-state index in [1.54, 1.807) is 48.5 Å². The zero-order valence-corrected chi connectivity index (χ0v) is 20.1. The van der Waals surface area contributed by atoms with Gasteiger partial charge in [-0.15, -0.1) is 0 Å². The number of aromatic nitrogens is 1. The van der Waals surface area contributed by atoms with Gasteiger partial charge in [0.1, 0.15) is 23.1 Å². The maximum Gasteiger partial charge on any atom is 0.417 e. The number of aliphatic hydroxyl groups excluding tert-OH is 1. The highest BCUT2D eigenvalue weighted by atomic mass is 19.4. The molecule has 0 aliphatic rings. The lowest BCUT2D eigenvalue weighted by molar-refractivity contribution is -0.137. The van der Waals surface area contributed by atoms with E-state index >= 15 is 0 Å². The van der Waals surface area contributed by atoms with Gasteiger partial charge in [0.25, 0.3) is 5.56 Å². The fraction of sp³-hybridized carbons (Fsp3) is 0.172. The highest BCUT2D eigenvalue weighted by Gasteiger charge is 2.36. The maximum absolute atomic E-state index is 13.8. The second-order valence-electron chi connectivity index (χ2n) is 8.68. The number of halogens is 3. The lowest BCUT2D eigenvalue weighted by Gasteiger charge is -2.19. The fourth-order valence-corrected chi connectivity index (χ4v) is 4.10. The Morgan fingerprint density at radius 3 is 2.32 bits per heavy atom. The van der Waals surface area contributed by atoms with E-state index in [2.05, 4.69) is 0 Å². The molecule has 1 N–H and O–H groups in total. The van der Waals surface area contributed by atoms with Crippen molar-refractivity contribution in [1.82, 2.24) is 4.57 Å². The minimum absolute atomic E-state index is 0.000694. The molecule has 0 saturated heterocycles. The van der Waals surface area contributed by atoms with E-state index in [4.69, 9.17) is 4.74 Å². The number of pyridine rings is 1. The molecule has 0 unspecified atom stereocenters. The average molecular weight is 505 g/mol. The first-order valence-corrected chi connectivity index (χ1v) is 11.4. The highest BCUT2D eigenvalue weighted by molar-refractivity contribution is 5.64. The van der Waals surface area contributed by atoms with Crippen LogP contribution in [0.3, 0.4) is 0 Å². The molecular weight excluding hydrogens is 481 g/mol. The standard InChI is InChI=1S/C29H23F3N2O3/c1-18-6-7-22(19(2)12-18)16-34-27(14-26(29(30,31)32)25(15-33)28(34)36)21-8-10-23(11-9-21)37-24-5-3-4-20(13-24)17-35/h3-14,35H,16-17H2,1-2H3. The van der Waals surface area contributed by atoms with Crippen LogP contribution in [0, 0.1) is 25.2 Å². The first-order chi connectivity index (χ1) is 17.6. The number of aliphatic hydroxyl groups is 1. The van der Waals surface area contributed by atoms with Crippen LogP contribution >= 0.6 is 0 Å². The Hall–Kier alpha value is -4.35. The smallest absolute Gasteiger partial charge is 0.417 e. The summed E-state index contributed by atoms with van der Waals surface area (Å²) in [5, 5.41) is 18.7. The SMILES string of the molecule is Cc1ccc(Cn2c(-c3ccc(Oc4cccc(CO)c4)cc3)cc(C(F)(F)F)c(C#N)c2=O)c(C)c1. The van der Waals surface area contributed by atoms with Crippen molar-refractivity contribution in [3.8, 4) is 28.8 Å². The van der Waals surface area contributed by atoms with E-state index in [-0.39, 0.29) is 18.8 Å². The van der Waals surface area contributed by atoms with Crippen molar-refractivity contribution < 1.29 is 23.0 Å². The molecule has 0 spiro atoms. The van der Waals surface area contributed by atoms with Crippen molar-refractivity contribution in [2.24, 2.45) is 0 Å². The van der Waals surface area contributed by atoms with E-state index in [0.29, 0.717) is 22.6 Å². The molecule has 0 aliphatic carbocycles. The normalized spacial score (nSPS) is 11.3. The number of hydrogen-bond acceptors (Lipinski definition) is 4. The molecule has 0 fully saturated rings. The van der Waals surface area contributed by atoms with Gasteiger partial charge < -0.3 is 14.4 Å². The predicted octanol–water partition coefficient (Wildman–Crippen LogP) is 6.36. The number of ether oxygens (including phenoxy) is 1. The lowest BCUT2D eigenvalue weighted by Crippen LogP contribution is -2.29. The molecule has 0 radical (unpaired) electrons. The topological polar surface area (TPSA) is 75.2 Å². The fourth-order valence-electron chi connectivity index (χ4n) is 4.10. The van der Waals surface area contributed by atoms with Crippen molar-refractivity contribution >= 4 is 0 Å². The monoisotopic (exact) mass is 504 g/mol. The molecule has 1 heterocycles. The number of hydrogen-bond donors (Lipinski definition) is 1. The molecule has 0 atom stereocenters. The minimum atomic E-state index is -4.88. The number of nitrogens with zero attached hydrogens (tertiary/aromatic N) is 2. The van der Waals surface area contributed by atoms with E-state index < -0.39 is 22.9 Å². The largest absolute Gasteiger partial charge is 0.457 e. The number of rotatable bonds is 6. The van der Waals surface area contributed by atoms with Gasteiger partial charge in [0.05, 0.1) is 24.4 Å². The van der Waals surface area contributed by atoms with Crippen LogP contribution < -0.4 is 10.3 Å². The Bertz CT molecular complexity index is 1550. The number of aryl methyl sites for hydroxylation is 2. The first kappa shape index (κ1) is 25.7. The first-order valence-electron chi connectivity index (χ1n) is 11.4. The van der Waals surface area contributed by atoms with Gasteiger partial charge in [0, 0.05) is 0 Å². The summed E-state index contributed by atoms with van der Waals surface area (Å²) in [5.74, 6) is 0.913. The third kappa shape index (κ3) is 5.57. The molecule has 0 saturated carbocycles. The molecular formula is C29H23F3N2O3. The van der Waals surface area contributed by atoms with E-state index in [1.807, 2.05) is 32.0 Å². The Morgan fingerprint density at radius 1 is 0.973 bits per heavy atom. The lowest BCUT2D eigenvalue weighted by atomic mass is 10.0. The van der Waals surface area contributed by atoms with Gasteiger partial charge in [-0.1, -0.05) is 35.9 Å². The molecule has 5 nitrogen and oxygen atoms in total. The summed E-state index contributed by atoms with van der Waals surface area (Å²) in [6.45, 7) is 3.64. The van der Waals surface area contributed by atoms with Crippen LogP contribution in [0.25, 0.3) is 11.3 Å². The Morgan fingerprint density at radius 2 is 1.70 bits per heavy atom. The van der Waals surface area contributed by atoms with Crippen molar-refractivity contribution in [2.45, 2.75) is 33.2 Å². The quantitative estimate of drug-likeness (QED) is 0.332. The zero-order chi connectivity index (χ0) is 26.7. The van der Waals surface area contributed by atoms with Crippen LogP contribution in [0.1, 0.15) is 33.4 Å². The van der Waals surface area contributed by atoms with Crippen LogP contribution in [0.2, 0.25) is 0 Å². The van der Waals surface area contributed by atoms with Crippen LogP contribution in [-0.2, 0) is 19.3 Å². The van der Waals surface area contributed by atoms with E-state index in [1.165, 1.54) is 10.6 Å². The summed E-state index contributed by atoms with van der Waals surface area (Å²) in [4.78, 5) is 13.2. The van der Waals surface area contributed by atoms with Crippen LogP contribution in [0.15, 0.2) is 77.6 Å². The van der Waals surface area contributed by atoms with Gasteiger partial charge in [-0.2, -0.15) is 18.4 Å². The second kappa shape index (κ2) is 10.3. The van der Waals surface area contributed by atoms with Crippen molar-refractivity contribution in [3.05, 3.63) is 117 Å². The van der Waals surface area contributed by atoms with Gasteiger partial charge >= 0.3 is 6.18 Å². The molecule has 0 aliphatic heterocycles. The summed E-state index contributed by atoms with van der Waals surface area (Å²) in [7, 11) is 0. The summed E-state index contributed by atoms with van der Waals surface area (Å²) in [6, 6.07) is 21.1. The Kier molecular flexibility index (Phi) is 7.18. The summed E-state index contributed by atoms with van der Waals surface area (Å²) in [6.07, 6.45) is -4.88. The van der Waals surface area contributed by atoms with Crippen LogP contribution in [0.4, 0.5) is 13.2 Å². The number of alkyl halides is 3. The van der Waals surface area contributed by atoms with Crippen molar-refractivity contribution in [3.63, 3.8) is 0 Å². The maximum atomic E-state index is 13.8. The second-order valence-corrected chi connectivity index (χ2v) is 8.68. The zero-order valence-electron chi connectivity index (χ0n) is 20.1. The molecule has 8 heteroatoms. The Balaban J connectivity index is 1.81.